The summed E-state index contributed by atoms with van der Waals surface area (Å²) in [4.78, 5) is 4.75. The van der Waals surface area contributed by atoms with E-state index in [1.807, 2.05) is 0 Å². The quantitative estimate of drug-likeness (QED) is 0.425. The zero-order valence-electron chi connectivity index (χ0n) is 16.5. The van der Waals surface area contributed by atoms with Gasteiger partial charge in [-0.05, 0) is 38.5 Å². The third kappa shape index (κ3) is 5.71. The summed E-state index contributed by atoms with van der Waals surface area (Å²) in [6.45, 7) is 5.87. The average Bonchev–Trinajstić information content (AvgIpc) is 3.23. The standard InChI is InChI=1S/C20H36N6/c1-2-21-20(22-14-8-11-17-9-5-6-10-17)23-15-13-19-25-24-18-12-4-3-7-16-26(18)19/h17H,2-16H2,1H3,(H2,21,22,23). The van der Waals surface area contributed by atoms with Crippen LogP contribution in [-0.2, 0) is 19.4 Å². The van der Waals surface area contributed by atoms with Gasteiger partial charge in [-0.15, -0.1) is 10.2 Å². The average molecular weight is 361 g/mol. The van der Waals surface area contributed by atoms with Gasteiger partial charge in [0.1, 0.15) is 11.6 Å². The van der Waals surface area contributed by atoms with Crippen molar-refractivity contribution in [1.29, 1.82) is 0 Å². The van der Waals surface area contributed by atoms with Crippen LogP contribution in [0.4, 0.5) is 0 Å². The summed E-state index contributed by atoms with van der Waals surface area (Å²) in [5, 5.41) is 15.6. The fourth-order valence-electron chi connectivity index (χ4n) is 4.23. The zero-order valence-corrected chi connectivity index (χ0v) is 16.5. The molecule has 1 fully saturated rings. The van der Waals surface area contributed by atoms with Gasteiger partial charge in [-0.1, -0.05) is 32.1 Å². The first kappa shape index (κ1) is 19.2. The van der Waals surface area contributed by atoms with Crippen molar-refractivity contribution in [3.05, 3.63) is 11.6 Å². The molecule has 3 rings (SSSR count). The van der Waals surface area contributed by atoms with Crippen LogP contribution in [0.15, 0.2) is 4.99 Å². The van der Waals surface area contributed by atoms with E-state index in [9.17, 15) is 0 Å². The number of hydrogen-bond donors (Lipinski definition) is 2. The van der Waals surface area contributed by atoms with Gasteiger partial charge in [0.25, 0.3) is 0 Å². The number of hydrogen-bond acceptors (Lipinski definition) is 3. The molecule has 1 aliphatic carbocycles. The highest BCUT2D eigenvalue weighted by molar-refractivity contribution is 5.79. The number of aliphatic imine (C=N–C) groups is 1. The Bertz CT molecular complexity index is 559. The molecule has 0 saturated heterocycles. The van der Waals surface area contributed by atoms with E-state index in [0.717, 1.165) is 56.7 Å². The van der Waals surface area contributed by atoms with E-state index in [0.29, 0.717) is 0 Å². The van der Waals surface area contributed by atoms with E-state index in [1.54, 1.807) is 0 Å². The van der Waals surface area contributed by atoms with E-state index < -0.39 is 0 Å². The van der Waals surface area contributed by atoms with Crippen LogP contribution in [0.1, 0.15) is 76.4 Å². The Morgan fingerprint density at radius 1 is 1.12 bits per heavy atom. The smallest absolute Gasteiger partial charge is 0.191 e. The summed E-state index contributed by atoms with van der Waals surface area (Å²) in [5.41, 5.74) is 0. The summed E-state index contributed by atoms with van der Waals surface area (Å²) in [5.74, 6) is 4.19. The van der Waals surface area contributed by atoms with Crippen LogP contribution in [0.25, 0.3) is 0 Å². The molecule has 0 amide bonds. The van der Waals surface area contributed by atoms with Crippen LogP contribution >= 0.6 is 0 Å². The molecular formula is C20H36N6. The molecule has 0 bridgehead atoms. The highest BCUT2D eigenvalue weighted by atomic mass is 15.3. The Morgan fingerprint density at radius 2 is 2.00 bits per heavy atom. The fourth-order valence-corrected chi connectivity index (χ4v) is 4.23. The summed E-state index contributed by atoms with van der Waals surface area (Å²) >= 11 is 0. The number of aromatic nitrogens is 3. The largest absolute Gasteiger partial charge is 0.357 e. The summed E-state index contributed by atoms with van der Waals surface area (Å²) < 4.78 is 2.33. The van der Waals surface area contributed by atoms with Crippen LogP contribution in [0.3, 0.4) is 0 Å². The lowest BCUT2D eigenvalue weighted by atomic mass is 10.0. The molecule has 0 unspecified atom stereocenters. The Labute approximate surface area is 158 Å². The molecule has 26 heavy (non-hydrogen) atoms. The van der Waals surface area contributed by atoms with Gasteiger partial charge in [0.05, 0.1) is 0 Å². The van der Waals surface area contributed by atoms with Gasteiger partial charge in [-0.2, -0.15) is 0 Å². The lowest BCUT2D eigenvalue weighted by Crippen LogP contribution is -2.38. The van der Waals surface area contributed by atoms with Crippen molar-refractivity contribution in [2.24, 2.45) is 10.9 Å². The van der Waals surface area contributed by atoms with Crippen molar-refractivity contribution in [2.75, 3.05) is 19.6 Å². The van der Waals surface area contributed by atoms with Crippen LogP contribution < -0.4 is 10.6 Å². The van der Waals surface area contributed by atoms with E-state index in [2.05, 4.69) is 32.3 Å². The molecule has 1 aliphatic heterocycles. The third-order valence-electron chi connectivity index (χ3n) is 5.69. The SMILES string of the molecule is CCNC(=NCCCC1CCCC1)NCCc1nnc2n1CCCCC2. The van der Waals surface area contributed by atoms with E-state index in [1.165, 1.54) is 63.6 Å². The predicted octanol–water partition coefficient (Wildman–Crippen LogP) is 3.07. The first-order valence-corrected chi connectivity index (χ1v) is 10.8. The second-order valence-electron chi connectivity index (χ2n) is 7.72. The number of guanidine groups is 1. The number of rotatable bonds is 8. The molecule has 2 aliphatic rings. The van der Waals surface area contributed by atoms with Gasteiger partial charge in [-0.25, -0.2) is 0 Å². The molecule has 0 atom stereocenters. The van der Waals surface area contributed by atoms with Gasteiger partial charge >= 0.3 is 0 Å². The number of nitrogens with zero attached hydrogens (tertiary/aromatic N) is 4. The van der Waals surface area contributed by atoms with Gasteiger partial charge in [0.15, 0.2) is 5.96 Å². The maximum Gasteiger partial charge on any atom is 0.191 e. The van der Waals surface area contributed by atoms with Crippen molar-refractivity contribution < 1.29 is 0 Å². The molecule has 6 heteroatoms. The van der Waals surface area contributed by atoms with E-state index in [4.69, 9.17) is 4.99 Å². The van der Waals surface area contributed by atoms with Crippen molar-refractivity contribution >= 4 is 5.96 Å². The van der Waals surface area contributed by atoms with E-state index in [-0.39, 0.29) is 0 Å². The van der Waals surface area contributed by atoms with Crippen LogP contribution in [0.5, 0.6) is 0 Å². The van der Waals surface area contributed by atoms with Crippen LogP contribution in [0.2, 0.25) is 0 Å². The summed E-state index contributed by atoms with van der Waals surface area (Å²) in [7, 11) is 0. The lowest BCUT2D eigenvalue weighted by molar-refractivity contribution is 0.487. The van der Waals surface area contributed by atoms with Gasteiger partial charge < -0.3 is 15.2 Å². The topological polar surface area (TPSA) is 67.1 Å². The van der Waals surface area contributed by atoms with Crippen molar-refractivity contribution in [3.63, 3.8) is 0 Å². The molecule has 1 saturated carbocycles. The van der Waals surface area contributed by atoms with E-state index >= 15 is 0 Å². The summed E-state index contributed by atoms with van der Waals surface area (Å²) in [6, 6.07) is 0. The highest BCUT2D eigenvalue weighted by Crippen LogP contribution is 2.28. The third-order valence-corrected chi connectivity index (χ3v) is 5.69. The Kier molecular flexibility index (Phi) is 7.77. The zero-order chi connectivity index (χ0) is 18.0. The molecule has 0 radical (unpaired) electrons. The van der Waals surface area contributed by atoms with Crippen molar-refractivity contribution in [3.8, 4) is 0 Å². The highest BCUT2D eigenvalue weighted by Gasteiger charge is 2.15. The molecule has 146 valence electrons. The molecule has 1 aromatic heterocycles. The minimum absolute atomic E-state index is 0.854. The second-order valence-corrected chi connectivity index (χ2v) is 7.72. The van der Waals surface area contributed by atoms with Gasteiger partial charge in [-0.3, -0.25) is 4.99 Å². The lowest BCUT2D eigenvalue weighted by Gasteiger charge is -2.12. The van der Waals surface area contributed by atoms with Gasteiger partial charge in [0.2, 0.25) is 0 Å². The first-order valence-electron chi connectivity index (χ1n) is 10.8. The monoisotopic (exact) mass is 360 g/mol. The molecule has 6 nitrogen and oxygen atoms in total. The number of aryl methyl sites for hydroxylation is 1. The molecule has 0 spiro atoms. The maximum atomic E-state index is 4.75. The van der Waals surface area contributed by atoms with Crippen molar-refractivity contribution in [2.45, 2.75) is 84.1 Å². The fraction of sp³-hybridized carbons (Fsp3) is 0.850. The van der Waals surface area contributed by atoms with Crippen molar-refractivity contribution in [1.82, 2.24) is 25.4 Å². The Hall–Kier alpha value is -1.59. The molecule has 2 N–H and O–H groups in total. The van der Waals surface area contributed by atoms with Crippen LogP contribution in [-0.4, -0.2) is 40.4 Å². The maximum absolute atomic E-state index is 4.75. The number of fused-ring (bicyclic) bond motifs is 1. The van der Waals surface area contributed by atoms with Gasteiger partial charge in [0, 0.05) is 39.0 Å². The predicted molar refractivity (Wildman–Crippen MR) is 106 cm³/mol. The molecule has 2 heterocycles. The molecule has 1 aromatic rings. The second kappa shape index (κ2) is 10.5. The minimum atomic E-state index is 0.854. The minimum Gasteiger partial charge on any atom is -0.357 e. The Balaban J connectivity index is 1.41. The number of nitrogens with one attached hydrogen (secondary N) is 2. The van der Waals surface area contributed by atoms with Crippen LogP contribution in [0, 0.1) is 5.92 Å². The Morgan fingerprint density at radius 3 is 2.85 bits per heavy atom. The normalized spacial score (nSPS) is 18.6. The summed E-state index contributed by atoms with van der Waals surface area (Å²) in [6.07, 6.45) is 14.1. The first-order chi connectivity index (χ1) is 12.9. The molecule has 0 aromatic carbocycles. The molecular weight excluding hydrogens is 324 g/mol.